The first-order valence-corrected chi connectivity index (χ1v) is 7.99. The lowest BCUT2D eigenvalue weighted by Crippen LogP contribution is -2.05. The van der Waals surface area contributed by atoms with Gasteiger partial charge in [-0.2, -0.15) is 0 Å². The molecule has 0 spiro atoms. The van der Waals surface area contributed by atoms with E-state index in [2.05, 4.69) is 27.6 Å². The summed E-state index contributed by atoms with van der Waals surface area (Å²) in [5.74, 6) is 4.54. The van der Waals surface area contributed by atoms with E-state index < -0.39 is 0 Å². The lowest BCUT2D eigenvalue weighted by Gasteiger charge is -2.13. The van der Waals surface area contributed by atoms with Gasteiger partial charge in [0.2, 0.25) is 0 Å². The molecule has 0 atom stereocenters. The number of methoxy groups -OCH3 is 2. The monoisotopic (exact) mass is 350 g/mol. The molecule has 0 aliphatic rings. The number of nitrogens with one attached hydrogen (secondary N) is 1. The molecule has 26 heavy (non-hydrogen) atoms. The first-order valence-electron chi connectivity index (χ1n) is 8.49. The van der Waals surface area contributed by atoms with Crippen LogP contribution in [0.1, 0.15) is 6.93 Å². The van der Waals surface area contributed by atoms with Crippen molar-refractivity contribution in [1.82, 2.24) is 9.97 Å². The Balaban J connectivity index is 1.98. The highest BCUT2D eigenvalue weighted by molar-refractivity contribution is 5.93. The van der Waals surface area contributed by atoms with Crippen LogP contribution in [-0.2, 0) is 4.74 Å². The molecule has 132 valence electrons. The van der Waals surface area contributed by atoms with Crippen molar-refractivity contribution in [2.45, 2.75) is 0 Å². The molecule has 6 nitrogen and oxygen atoms in total. The topological polar surface area (TPSA) is 65.5 Å². The Labute approximate surface area is 153 Å². The van der Waals surface area contributed by atoms with Gasteiger partial charge in [0, 0.05) is 29.8 Å². The molecule has 0 saturated heterocycles. The van der Waals surface area contributed by atoms with E-state index in [-0.39, 0.29) is 0 Å². The van der Waals surface area contributed by atoms with Crippen molar-refractivity contribution in [2.75, 3.05) is 32.8 Å². The van der Waals surface area contributed by atoms with Crippen molar-refractivity contribution in [2.24, 2.45) is 0 Å². The molecule has 0 amide bonds. The van der Waals surface area contributed by atoms with E-state index in [0.717, 1.165) is 22.2 Å². The van der Waals surface area contributed by atoms with Crippen molar-refractivity contribution in [1.29, 1.82) is 0 Å². The van der Waals surface area contributed by atoms with E-state index >= 15 is 0 Å². The molecule has 0 aliphatic heterocycles. The number of nitrogens with zero attached hydrogens (tertiary/aromatic N) is 2. The Bertz CT molecular complexity index is 999. The van der Waals surface area contributed by atoms with Crippen molar-refractivity contribution in [3.63, 3.8) is 0 Å². The fourth-order valence-corrected chi connectivity index (χ4v) is 2.48. The van der Waals surface area contributed by atoms with Gasteiger partial charge in [0.25, 0.3) is 0 Å². The quantitative estimate of drug-likeness (QED) is 0.520. The Morgan fingerprint density at radius 2 is 2.08 bits per heavy atom. The second kappa shape index (κ2) is 8.19. The summed E-state index contributed by atoms with van der Waals surface area (Å²) in [7, 11) is 3.21. The minimum atomic E-state index is 0.405. The van der Waals surface area contributed by atoms with Crippen molar-refractivity contribution in [3.8, 4) is 23.8 Å². The van der Waals surface area contributed by atoms with E-state index in [0.29, 0.717) is 30.5 Å². The minimum Gasteiger partial charge on any atom is -0.493 e. The third-order valence-electron chi connectivity index (χ3n) is 3.74. The minimum absolute atomic E-state index is 0.405. The summed E-state index contributed by atoms with van der Waals surface area (Å²) in [6, 6.07) is 11.1. The van der Waals surface area contributed by atoms with Crippen molar-refractivity contribution < 1.29 is 15.6 Å². The predicted octanol–water partition coefficient (Wildman–Crippen LogP) is 3.39. The van der Waals surface area contributed by atoms with Crippen LogP contribution in [0.2, 0.25) is 0 Å². The number of benzene rings is 2. The fraction of sp³-hybridized carbons (Fsp3) is 0.200. The molecular formula is C20H19N3O3. The maximum Gasteiger partial charge on any atom is 0.162 e. The van der Waals surface area contributed by atoms with Gasteiger partial charge in [-0.05, 0) is 24.3 Å². The second-order valence-electron chi connectivity index (χ2n) is 5.41. The normalized spacial score (nSPS) is 10.6. The van der Waals surface area contributed by atoms with Crippen LogP contribution in [0.25, 0.3) is 10.9 Å². The summed E-state index contributed by atoms with van der Waals surface area (Å²) in [5.41, 5.74) is 2.29. The van der Waals surface area contributed by atoms with Crippen LogP contribution in [0, 0.1) is 12.3 Å². The van der Waals surface area contributed by atoms with Crippen LogP contribution in [0.3, 0.4) is 0 Å². The molecule has 3 rings (SSSR count). The lowest BCUT2D eigenvalue weighted by atomic mass is 10.2. The molecule has 6 heteroatoms. The summed E-state index contributed by atoms with van der Waals surface area (Å²) >= 11 is 0. The number of aromatic nitrogens is 2. The number of rotatable bonds is 7. The van der Waals surface area contributed by atoms with Crippen molar-refractivity contribution in [3.05, 3.63) is 48.3 Å². The third-order valence-corrected chi connectivity index (χ3v) is 3.74. The van der Waals surface area contributed by atoms with Crippen molar-refractivity contribution >= 4 is 22.4 Å². The summed E-state index contributed by atoms with van der Waals surface area (Å²) < 4.78 is 23.2. The van der Waals surface area contributed by atoms with Gasteiger partial charge < -0.3 is 19.5 Å². The second-order valence-corrected chi connectivity index (χ2v) is 5.41. The number of terminal acetylenes is 1. The molecule has 1 N–H and O–H groups in total. The summed E-state index contributed by atoms with van der Waals surface area (Å²) in [6.07, 6.45) is 3.64. The predicted molar refractivity (Wildman–Crippen MR) is 101 cm³/mol. The standard InChI is InChI=1S/C20H19N3O3/c1-4-14-6-5-7-15(10-14)23-20-16-11-19(26-9-8-24-2)18(25-3)12-17(16)21-13-22-20/h1,5-7,10-13H,8-9H2,2-3H3,(H,21,22,23)/i1D. The number of ether oxygens (including phenoxy) is 3. The van der Waals surface area contributed by atoms with E-state index in [4.69, 9.17) is 15.6 Å². The van der Waals surface area contributed by atoms with Gasteiger partial charge in [0.1, 0.15) is 20.1 Å². The molecule has 0 aliphatic carbocycles. The molecule has 0 bridgehead atoms. The highest BCUT2D eigenvalue weighted by Gasteiger charge is 2.12. The van der Waals surface area contributed by atoms with Gasteiger partial charge in [-0.15, -0.1) is 6.40 Å². The van der Waals surface area contributed by atoms with Crippen LogP contribution >= 0.6 is 0 Å². The molecule has 0 radical (unpaired) electrons. The van der Waals surface area contributed by atoms with Gasteiger partial charge in [-0.3, -0.25) is 0 Å². The summed E-state index contributed by atoms with van der Waals surface area (Å²) in [6.45, 7) is 0.879. The summed E-state index contributed by atoms with van der Waals surface area (Å²) in [4.78, 5) is 8.67. The first-order chi connectivity index (χ1) is 13.2. The fourth-order valence-electron chi connectivity index (χ4n) is 2.48. The van der Waals surface area contributed by atoms with E-state index in [1.54, 1.807) is 14.2 Å². The lowest BCUT2D eigenvalue weighted by molar-refractivity contribution is 0.144. The smallest absolute Gasteiger partial charge is 0.162 e. The van der Waals surface area contributed by atoms with Crippen LogP contribution in [0.5, 0.6) is 11.5 Å². The molecule has 1 aromatic heterocycles. The Morgan fingerprint density at radius 3 is 2.88 bits per heavy atom. The number of hydrogen-bond acceptors (Lipinski definition) is 6. The molecule has 0 saturated carbocycles. The van der Waals surface area contributed by atoms with Gasteiger partial charge >= 0.3 is 0 Å². The zero-order valence-corrected chi connectivity index (χ0v) is 14.6. The highest BCUT2D eigenvalue weighted by Crippen LogP contribution is 2.34. The molecule has 1 heterocycles. The van der Waals surface area contributed by atoms with Crippen LogP contribution in [0.15, 0.2) is 42.7 Å². The average Bonchev–Trinajstić information content (AvgIpc) is 2.68. The molecule has 2 aromatic carbocycles. The number of anilines is 2. The Morgan fingerprint density at radius 1 is 1.15 bits per heavy atom. The average molecular weight is 350 g/mol. The number of fused-ring (bicyclic) bond motifs is 1. The van der Waals surface area contributed by atoms with Crippen LogP contribution < -0.4 is 14.8 Å². The van der Waals surface area contributed by atoms with Gasteiger partial charge in [0.15, 0.2) is 11.5 Å². The number of hydrogen-bond donors (Lipinski definition) is 1. The highest BCUT2D eigenvalue weighted by atomic mass is 16.5. The van der Waals surface area contributed by atoms with Gasteiger partial charge in [0.05, 0.1) is 19.2 Å². The Hall–Kier alpha value is -3.30. The van der Waals surface area contributed by atoms with Gasteiger partial charge in [-0.25, -0.2) is 9.97 Å². The first kappa shape index (κ1) is 16.2. The Kier molecular flexibility index (Phi) is 5.10. The molecule has 3 aromatic rings. The maximum atomic E-state index is 7.03. The van der Waals surface area contributed by atoms with E-state index in [1.165, 1.54) is 6.33 Å². The molecule has 0 unspecified atom stereocenters. The molecular weight excluding hydrogens is 330 g/mol. The van der Waals surface area contributed by atoms with E-state index in [1.807, 2.05) is 36.4 Å². The SMILES string of the molecule is [2H]C#Cc1cccc(Nc2ncnc3cc(OC)c(OCCOC)cc23)c1. The zero-order valence-electron chi connectivity index (χ0n) is 15.6. The van der Waals surface area contributed by atoms with Gasteiger partial charge in [-0.1, -0.05) is 12.0 Å². The summed E-state index contributed by atoms with van der Waals surface area (Å²) in [5, 5.41) is 4.07. The molecule has 0 fully saturated rings. The van der Waals surface area contributed by atoms with Crippen LogP contribution in [-0.4, -0.2) is 37.4 Å². The van der Waals surface area contributed by atoms with E-state index in [9.17, 15) is 0 Å². The van der Waals surface area contributed by atoms with Crippen LogP contribution in [0.4, 0.5) is 11.5 Å². The zero-order chi connectivity index (χ0) is 19.1. The maximum absolute atomic E-state index is 7.03. The third kappa shape index (κ3) is 3.85. The largest absolute Gasteiger partial charge is 0.493 e.